The van der Waals surface area contributed by atoms with Crippen LogP contribution in [0.1, 0.15) is 18.9 Å². The Morgan fingerprint density at radius 2 is 2.53 bits per heavy atom. The van der Waals surface area contributed by atoms with E-state index in [2.05, 4.69) is 10.4 Å². The minimum atomic E-state index is 0.143. The lowest BCUT2D eigenvalue weighted by molar-refractivity contribution is -0.132. The molecule has 0 aromatic carbocycles. The number of carbonyl (C=O) groups is 1. The molecule has 6 nitrogen and oxygen atoms in total. The van der Waals surface area contributed by atoms with Crippen molar-refractivity contribution >= 4 is 5.91 Å². The topological polar surface area (TPSA) is 59.4 Å². The Morgan fingerprint density at radius 3 is 3.11 bits per heavy atom. The van der Waals surface area contributed by atoms with Crippen LogP contribution in [0.4, 0.5) is 0 Å². The van der Waals surface area contributed by atoms with Gasteiger partial charge in [-0.15, -0.1) is 0 Å². The predicted octanol–water partition coefficient (Wildman–Crippen LogP) is 0.147. The van der Waals surface area contributed by atoms with Gasteiger partial charge in [0.2, 0.25) is 5.91 Å². The summed E-state index contributed by atoms with van der Waals surface area (Å²) in [5, 5.41) is 7.43. The zero-order valence-electron chi connectivity index (χ0n) is 11.6. The highest BCUT2D eigenvalue weighted by atomic mass is 16.5. The van der Waals surface area contributed by atoms with Gasteiger partial charge in [0.05, 0.1) is 19.4 Å². The minimum absolute atomic E-state index is 0.143. The van der Waals surface area contributed by atoms with Crippen LogP contribution in [0.5, 0.6) is 0 Å². The molecule has 19 heavy (non-hydrogen) atoms. The molecule has 106 valence electrons. The summed E-state index contributed by atoms with van der Waals surface area (Å²) in [5.41, 5.74) is 1.06. The third kappa shape index (κ3) is 4.04. The number of hydrogen-bond acceptors (Lipinski definition) is 4. The number of nitrogens with one attached hydrogen (secondary N) is 1. The molecule has 1 amide bonds. The first-order chi connectivity index (χ1) is 9.19. The third-order valence-corrected chi connectivity index (χ3v) is 3.29. The van der Waals surface area contributed by atoms with Crippen molar-refractivity contribution in [2.24, 2.45) is 7.05 Å². The van der Waals surface area contributed by atoms with Gasteiger partial charge < -0.3 is 15.0 Å². The molecule has 0 saturated carbocycles. The number of morpholine rings is 1. The molecular weight excluding hydrogens is 244 g/mol. The number of ether oxygens (including phenoxy) is 1. The first kappa shape index (κ1) is 14.0. The van der Waals surface area contributed by atoms with E-state index in [0.29, 0.717) is 26.1 Å². The second kappa shape index (κ2) is 6.68. The molecular formula is C13H22N4O2. The largest absolute Gasteiger partial charge is 0.378 e. The average Bonchev–Trinajstić information content (AvgIpc) is 2.82. The summed E-state index contributed by atoms with van der Waals surface area (Å²) in [7, 11) is 1.88. The number of amides is 1. The van der Waals surface area contributed by atoms with Gasteiger partial charge in [-0.2, -0.15) is 5.10 Å². The van der Waals surface area contributed by atoms with E-state index in [1.807, 2.05) is 25.1 Å². The maximum atomic E-state index is 12.3. The molecule has 1 saturated heterocycles. The molecule has 0 spiro atoms. The van der Waals surface area contributed by atoms with Crippen molar-refractivity contribution in [1.29, 1.82) is 0 Å². The Balaban J connectivity index is 1.87. The molecule has 0 bridgehead atoms. The molecule has 1 aliphatic heterocycles. The maximum Gasteiger partial charge on any atom is 0.224 e. The van der Waals surface area contributed by atoms with E-state index in [9.17, 15) is 4.79 Å². The smallest absolute Gasteiger partial charge is 0.224 e. The van der Waals surface area contributed by atoms with Crippen molar-refractivity contribution in [3.8, 4) is 0 Å². The number of hydrogen-bond donors (Lipinski definition) is 1. The lowest BCUT2D eigenvalue weighted by atomic mass is 10.1. The molecule has 1 unspecified atom stereocenters. The number of aryl methyl sites for hydroxylation is 1. The van der Waals surface area contributed by atoms with Crippen molar-refractivity contribution in [3.05, 3.63) is 18.0 Å². The SMILES string of the molecule is CCN(Cc1cnn(C)c1)C(=O)CC1COCCN1. The second-order valence-electron chi connectivity index (χ2n) is 4.86. The Morgan fingerprint density at radius 1 is 1.68 bits per heavy atom. The fraction of sp³-hybridized carbons (Fsp3) is 0.692. The summed E-state index contributed by atoms with van der Waals surface area (Å²) >= 11 is 0. The average molecular weight is 266 g/mol. The molecule has 1 aromatic rings. The van der Waals surface area contributed by atoms with Crippen LogP contribution in [-0.4, -0.2) is 52.9 Å². The number of rotatable bonds is 5. The van der Waals surface area contributed by atoms with Gasteiger partial charge in [0.25, 0.3) is 0 Å². The molecule has 2 heterocycles. The van der Waals surface area contributed by atoms with Crippen LogP contribution in [0.2, 0.25) is 0 Å². The van der Waals surface area contributed by atoms with E-state index in [0.717, 1.165) is 18.7 Å². The molecule has 1 fully saturated rings. The summed E-state index contributed by atoms with van der Waals surface area (Å²) in [5.74, 6) is 0.161. The molecule has 1 aliphatic rings. The van der Waals surface area contributed by atoms with Gasteiger partial charge in [-0.3, -0.25) is 9.48 Å². The van der Waals surface area contributed by atoms with Gasteiger partial charge in [0.15, 0.2) is 0 Å². The summed E-state index contributed by atoms with van der Waals surface area (Å²) in [6, 6.07) is 0.143. The lowest BCUT2D eigenvalue weighted by Crippen LogP contribution is -2.45. The van der Waals surface area contributed by atoms with Crippen LogP contribution in [0.3, 0.4) is 0 Å². The highest BCUT2D eigenvalue weighted by Gasteiger charge is 2.20. The summed E-state index contributed by atoms with van der Waals surface area (Å²) in [4.78, 5) is 14.1. The molecule has 6 heteroatoms. The summed E-state index contributed by atoms with van der Waals surface area (Å²) in [6.07, 6.45) is 4.24. The quantitative estimate of drug-likeness (QED) is 0.824. The Kier molecular flexibility index (Phi) is 4.93. The minimum Gasteiger partial charge on any atom is -0.378 e. The Hall–Kier alpha value is -1.40. The van der Waals surface area contributed by atoms with Gasteiger partial charge in [-0.05, 0) is 6.92 Å². The monoisotopic (exact) mass is 266 g/mol. The molecule has 1 N–H and O–H groups in total. The number of nitrogens with zero attached hydrogens (tertiary/aromatic N) is 3. The maximum absolute atomic E-state index is 12.3. The fourth-order valence-electron chi connectivity index (χ4n) is 2.24. The highest BCUT2D eigenvalue weighted by Crippen LogP contribution is 2.07. The third-order valence-electron chi connectivity index (χ3n) is 3.29. The van der Waals surface area contributed by atoms with Gasteiger partial charge >= 0.3 is 0 Å². The van der Waals surface area contributed by atoms with Crippen LogP contribution < -0.4 is 5.32 Å². The van der Waals surface area contributed by atoms with Gasteiger partial charge in [-0.1, -0.05) is 0 Å². The molecule has 0 aliphatic carbocycles. The van der Waals surface area contributed by atoms with E-state index in [-0.39, 0.29) is 11.9 Å². The van der Waals surface area contributed by atoms with Crippen LogP contribution in [0, 0.1) is 0 Å². The van der Waals surface area contributed by atoms with E-state index in [1.54, 1.807) is 10.9 Å². The van der Waals surface area contributed by atoms with Crippen LogP contribution in [-0.2, 0) is 23.1 Å². The zero-order chi connectivity index (χ0) is 13.7. The van der Waals surface area contributed by atoms with Crippen LogP contribution in [0.15, 0.2) is 12.4 Å². The van der Waals surface area contributed by atoms with Gasteiger partial charge in [0.1, 0.15) is 0 Å². The van der Waals surface area contributed by atoms with Crippen molar-refractivity contribution in [3.63, 3.8) is 0 Å². The number of aromatic nitrogens is 2. The Labute approximate surface area is 113 Å². The van der Waals surface area contributed by atoms with E-state index >= 15 is 0 Å². The standard InChI is InChI=1S/C13H22N4O2/c1-3-17(9-11-7-15-16(2)8-11)13(18)6-12-10-19-5-4-14-12/h7-8,12,14H,3-6,9-10H2,1-2H3. The summed E-state index contributed by atoms with van der Waals surface area (Å²) < 4.78 is 7.13. The predicted molar refractivity (Wildman–Crippen MR) is 71.5 cm³/mol. The van der Waals surface area contributed by atoms with Crippen molar-refractivity contribution < 1.29 is 9.53 Å². The number of carbonyl (C=O) groups excluding carboxylic acids is 1. The van der Waals surface area contributed by atoms with Crippen molar-refractivity contribution in [1.82, 2.24) is 20.0 Å². The van der Waals surface area contributed by atoms with E-state index in [1.165, 1.54) is 0 Å². The van der Waals surface area contributed by atoms with Gasteiger partial charge in [0, 0.05) is 50.9 Å². The normalized spacial score (nSPS) is 19.4. The summed E-state index contributed by atoms with van der Waals surface area (Å²) in [6.45, 7) is 5.51. The molecule has 1 aromatic heterocycles. The first-order valence-electron chi connectivity index (χ1n) is 6.75. The molecule has 0 radical (unpaired) electrons. The van der Waals surface area contributed by atoms with Crippen LogP contribution >= 0.6 is 0 Å². The lowest BCUT2D eigenvalue weighted by Gasteiger charge is -2.26. The van der Waals surface area contributed by atoms with Crippen molar-refractivity contribution in [2.45, 2.75) is 25.9 Å². The van der Waals surface area contributed by atoms with E-state index in [4.69, 9.17) is 4.74 Å². The van der Waals surface area contributed by atoms with E-state index < -0.39 is 0 Å². The van der Waals surface area contributed by atoms with Gasteiger partial charge in [-0.25, -0.2) is 0 Å². The molecule has 1 atom stereocenters. The highest BCUT2D eigenvalue weighted by molar-refractivity contribution is 5.76. The zero-order valence-corrected chi connectivity index (χ0v) is 11.6. The Bertz CT molecular complexity index is 413. The second-order valence-corrected chi connectivity index (χ2v) is 4.86. The fourth-order valence-corrected chi connectivity index (χ4v) is 2.24. The van der Waals surface area contributed by atoms with Crippen LogP contribution in [0.25, 0.3) is 0 Å². The van der Waals surface area contributed by atoms with Crippen molar-refractivity contribution in [2.75, 3.05) is 26.3 Å². The molecule has 2 rings (SSSR count). The first-order valence-corrected chi connectivity index (χ1v) is 6.75.